The number of carbonyl (C=O) groups is 1. The van der Waals surface area contributed by atoms with E-state index < -0.39 is 0 Å². The molecule has 1 N–H and O–H groups in total. The van der Waals surface area contributed by atoms with Crippen LogP contribution in [-0.2, 0) is 0 Å². The molecule has 0 heterocycles. The van der Waals surface area contributed by atoms with E-state index in [9.17, 15) is 4.79 Å². The molecule has 0 radical (unpaired) electrons. The fourth-order valence-corrected chi connectivity index (χ4v) is 1.21. The van der Waals surface area contributed by atoms with E-state index in [4.69, 9.17) is 6.42 Å². The molecule has 14 heavy (non-hydrogen) atoms. The topological polar surface area (TPSA) is 29.1 Å². The summed E-state index contributed by atoms with van der Waals surface area (Å²) in [6, 6.07) is 5.43. The maximum absolute atomic E-state index is 11.6. The third-order valence-electron chi connectivity index (χ3n) is 1.99. The molecule has 0 fully saturated rings. The molecule has 0 saturated heterocycles. The fourth-order valence-electron chi connectivity index (χ4n) is 1.21. The average molecular weight is 187 g/mol. The zero-order valence-electron chi connectivity index (χ0n) is 8.42. The van der Waals surface area contributed by atoms with Crippen LogP contribution in [0.5, 0.6) is 0 Å². The molecule has 2 heteroatoms. The summed E-state index contributed by atoms with van der Waals surface area (Å²) in [5, 5.41) is 2.75. The molecular formula is C12H13NO. The fraction of sp³-hybridized carbons (Fsp3) is 0.250. The molecule has 0 aliphatic rings. The highest BCUT2D eigenvalue weighted by molar-refractivity contribution is 5.95. The Hall–Kier alpha value is -1.75. The van der Waals surface area contributed by atoms with E-state index in [0.29, 0.717) is 12.1 Å². The molecule has 1 aromatic rings. The van der Waals surface area contributed by atoms with Crippen molar-refractivity contribution in [1.29, 1.82) is 0 Å². The molecule has 0 aliphatic carbocycles. The van der Waals surface area contributed by atoms with E-state index in [-0.39, 0.29) is 5.91 Å². The Balaban J connectivity index is 3.07. The van der Waals surface area contributed by atoms with Gasteiger partial charge in [0.15, 0.2) is 0 Å². The highest BCUT2D eigenvalue weighted by atomic mass is 16.1. The van der Waals surface area contributed by atoms with Gasteiger partial charge < -0.3 is 5.32 Å². The Bertz CT molecular complexity index is 388. The Morgan fingerprint density at radius 2 is 2.29 bits per heavy atom. The first-order valence-corrected chi connectivity index (χ1v) is 4.54. The predicted molar refractivity (Wildman–Crippen MR) is 57.1 cm³/mol. The van der Waals surface area contributed by atoms with Crippen LogP contribution in [0.2, 0.25) is 0 Å². The highest BCUT2D eigenvalue weighted by Crippen LogP contribution is 2.10. The van der Waals surface area contributed by atoms with Gasteiger partial charge in [-0.25, -0.2) is 0 Å². The lowest BCUT2D eigenvalue weighted by Gasteiger charge is -2.05. The summed E-state index contributed by atoms with van der Waals surface area (Å²) in [4.78, 5) is 11.6. The molecule has 0 aromatic heterocycles. The number of benzene rings is 1. The molecule has 0 atom stereocenters. The lowest BCUT2D eigenvalue weighted by Crippen LogP contribution is -2.23. The first-order valence-electron chi connectivity index (χ1n) is 4.54. The number of rotatable bonds is 2. The SMILES string of the molecule is C#Cc1ccc(C)c(C(=O)NCC)c1. The zero-order chi connectivity index (χ0) is 10.6. The van der Waals surface area contributed by atoms with Gasteiger partial charge in [-0.1, -0.05) is 12.0 Å². The van der Waals surface area contributed by atoms with E-state index >= 15 is 0 Å². The summed E-state index contributed by atoms with van der Waals surface area (Å²) in [6.07, 6.45) is 5.26. The van der Waals surface area contributed by atoms with Gasteiger partial charge in [0.1, 0.15) is 0 Å². The molecule has 2 nitrogen and oxygen atoms in total. The van der Waals surface area contributed by atoms with E-state index in [1.54, 1.807) is 6.07 Å². The maximum Gasteiger partial charge on any atom is 0.251 e. The standard InChI is InChI=1S/C12H13NO/c1-4-10-7-6-9(3)11(8-10)12(14)13-5-2/h1,6-8H,5H2,2-3H3,(H,13,14). The van der Waals surface area contributed by atoms with E-state index in [0.717, 1.165) is 11.1 Å². The van der Waals surface area contributed by atoms with Crippen molar-refractivity contribution in [3.05, 3.63) is 34.9 Å². The minimum absolute atomic E-state index is 0.0675. The minimum Gasteiger partial charge on any atom is -0.352 e. The van der Waals surface area contributed by atoms with Crippen molar-refractivity contribution in [3.8, 4) is 12.3 Å². The molecule has 1 rings (SSSR count). The number of hydrogen-bond donors (Lipinski definition) is 1. The van der Waals surface area contributed by atoms with Gasteiger partial charge in [0.2, 0.25) is 0 Å². The number of terminal acetylenes is 1. The van der Waals surface area contributed by atoms with Crippen molar-refractivity contribution in [3.63, 3.8) is 0 Å². The second kappa shape index (κ2) is 4.48. The highest BCUT2D eigenvalue weighted by Gasteiger charge is 2.07. The van der Waals surface area contributed by atoms with Crippen LogP contribution >= 0.6 is 0 Å². The number of hydrogen-bond acceptors (Lipinski definition) is 1. The van der Waals surface area contributed by atoms with Crippen molar-refractivity contribution in [2.75, 3.05) is 6.54 Å². The zero-order valence-corrected chi connectivity index (χ0v) is 8.42. The summed E-state index contributed by atoms with van der Waals surface area (Å²) < 4.78 is 0. The summed E-state index contributed by atoms with van der Waals surface area (Å²) >= 11 is 0. The number of nitrogens with one attached hydrogen (secondary N) is 1. The monoisotopic (exact) mass is 187 g/mol. The second-order valence-corrected chi connectivity index (χ2v) is 3.03. The van der Waals surface area contributed by atoms with Crippen LogP contribution in [0, 0.1) is 19.3 Å². The minimum atomic E-state index is -0.0675. The molecule has 0 bridgehead atoms. The van der Waals surface area contributed by atoms with E-state index in [1.807, 2.05) is 26.0 Å². The van der Waals surface area contributed by atoms with Crippen LogP contribution in [-0.4, -0.2) is 12.5 Å². The summed E-state index contributed by atoms with van der Waals surface area (Å²) in [5.41, 5.74) is 2.33. The van der Waals surface area contributed by atoms with Gasteiger partial charge >= 0.3 is 0 Å². The number of aryl methyl sites for hydroxylation is 1. The lowest BCUT2D eigenvalue weighted by molar-refractivity contribution is 0.0955. The third kappa shape index (κ3) is 2.14. The Morgan fingerprint density at radius 1 is 1.57 bits per heavy atom. The van der Waals surface area contributed by atoms with Crippen LogP contribution in [0.25, 0.3) is 0 Å². The number of carbonyl (C=O) groups excluding carboxylic acids is 1. The van der Waals surface area contributed by atoms with Crippen molar-refractivity contribution >= 4 is 5.91 Å². The Labute approximate surface area is 84.3 Å². The van der Waals surface area contributed by atoms with Crippen LogP contribution in [0.15, 0.2) is 18.2 Å². The normalized spacial score (nSPS) is 9.21. The van der Waals surface area contributed by atoms with Crippen molar-refractivity contribution in [2.24, 2.45) is 0 Å². The van der Waals surface area contributed by atoms with Gasteiger partial charge in [-0.3, -0.25) is 4.79 Å². The quantitative estimate of drug-likeness (QED) is 0.702. The largest absolute Gasteiger partial charge is 0.352 e. The third-order valence-corrected chi connectivity index (χ3v) is 1.99. The Kier molecular flexibility index (Phi) is 3.30. The van der Waals surface area contributed by atoms with Gasteiger partial charge in [-0.2, -0.15) is 0 Å². The first-order chi connectivity index (χ1) is 6.69. The van der Waals surface area contributed by atoms with Gasteiger partial charge in [-0.05, 0) is 31.5 Å². The first kappa shape index (κ1) is 10.3. The molecule has 72 valence electrons. The Morgan fingerprint density at radius 3 is 2.86 bits per heavy atom. The van der Waals surface area contributed by atoms with Crippen molar-refractivity contribution in [1.82, 2.24) is 5.32 Å². The van der Waals surface area contributed by atoms with Crippen LogP contribution in [0.1, 0.15) is 28.4 Å². The van der Waals surface area contributed by atoms with E-state index in [1.165, 1.54) is 0 Å². The van der Waals surface area contributed by atoms with Gasteiger partial charge in [0.25, 0.3) is 5.91 Å². The second-order valence-electron chi connectivity index (χ2n) is 3.03. The molecule has 0 unspecified atom stereocenters. The average Bonchev–Trinajstić information content (AvgIpc) is 2.19. The van der Waals surface area contributed by atoms with Gasteiger partial charge in [0, 0.05) is 17.7 Å². The van der Waals surface area contributed by atoms with E-state index in [2.05, 4.69) is 11.2 Å². The van der Waals surface area contributed by atoms with Crippen molar-refractivity contribution < 1.29 is 4.79 Å². The predicted octanol–water partition coefficient (Wildman–Crippen LogP) is 1.73. The van der Waals surface area contributed by atoms with Crippen LogP contribution < -0.4 is 5.32 Å². The lowest BCUT2D eigenvalue weighted by atomic mass is 10.0. The van der Waals surface area contributed by atoms with Gasteiger partial charge in [-0.15, -0.1) is 6.42 Å². The maximum atomic E-state index is 11.6. The van der Waals surface area contributed by atoms with Crippen LogP contribution in [0.4, 0.5) is 0 Å². The number of amides is 1. The molecule has 0 spiro atoms. The van der Waals surface area contributed by atoms with Gasteiger partial charge in [0.05, 0.1) is 0 Å². The summed E-state index contributed by atoms with van der Waals surface area (Å²) in [5.74, 6) is 2.44. The molecule has 1 amide bonds. The summed E-state index contributed by atoms with van der Waals surface area (Å²) in [7, 11) is 0. The molecule has 1 aromatic carbocycles. The van der Waals surface area contributed by atoms with Crippen molar-refractivity contribution in [2.45, 2.75) is 13.8 Å². The van der Waals surface area contributed by atoms with Crippen LogP contribution in [0.3, 0.4) is 0 Å². The smallest absolute Gasteiger partial charge is 0.251 e. The molecule has 0 aliphatic heterocycles. The molecule has 0 saturated carbocycles. The molecular weight excluding hydrogens is 174 g/mol. The summed E-state index contributed by atoms with van der Waals surface area (Å²) in [6.45, 7) is 4.40.